The fraction of sp³-hybridized carbons (Fsp3) is 0.632. The number of hydrogen-bond acceptors (Lipinski definition) is 3. The van der Waals surface area contributed by atoms with Crippen LogP contribution in [0.5, 0.6) is 0 Å². The number of halogens is 1. The van der Waals surface area contributed by atoms with Gasteiger partial charge < -0.3 is 5.32 Å². The number of carbonyl (C=O) groups excluding carboxylic acids is 1. The molecule has 2 atom stereocenters. The summed E-state index contributed by atoms with van der Waals surface area (Å²) in [4.78, 5) is 24.7. The van der Waals surface area contributed by atoms with Crippen LogP contribution in [0.25, 0.3) is 0 Å². The van der Waals surface area contributed by atoms with Crippen LogP contribution in [0.3, 0.4) is 0 Å². The molecule has 1 saturated carbocycles. The quantitative estimate of drug-likeness (QED) is 0.483. The van der Waals surface area contributed by atoms with Gasteiger partial charge in [0.15, 0.2) is 6.04 Å². The molecule has 2 fully saturated rings. The molecular formula is C19H29ClN3O3+. The number of quaternary nitrogens is 1. The van der Waals surface area contributed by atoms with Gasteiger partial charge in [0.2, 0.25) is 5.91 Å². The topological polar surface area (TPSA) is 72.2 Å². The van der Waals surface area contributed by atoms with Crippen molar-refractivity contribution in [3.05, 3.63) is 46.0 Å². The normalized spacial score (nSPS) is 27.3. The van der Waals surface area contributed by atoms with Gasteiger partial charge >= 0.3 is 5.66 Å². The Morgan fingerprint density at radius 3 is 2.50 bits per heavy atom. The van der Waals surface area contributed by atoms with Gasteiger partial charge in [0.05, 0.1) is 37.9 Å². The Balaban J connectivity index is 0.00000243. The summed E-state index contributed by atoms with van der Waals surface area (Å²) >= 11 is 0. The summed E-state index contributed by atoms with van der Waals surface area (Å²) in [5, 5.41) is 15.3. The van der Waals surface area contributed by atoms with E-state index < -0.39 is 11.7 Å². The number of nitro groups is 1. The molecule has 1 N–H and O–H groups in total. The Morgan fingerprint density at radius 2 is 1.88 bits per heavy atom. The molecule has 1 aromatic rings. The molecule has 1 aliphatic carbocycles. The van der Waals surface area contributed by atoms with E-state index in [-0.39, 0.29) is 29.7 Å². The van der Waals surface area contributed by atoms with Crippen molar-refractivity contribution < 1.29 is 14.2 Å². The average molecular weight is 383 g/mol. The highest BCUT2D eigenvalue weighted by molar-refractivity contribution is 5.85. The first kappa shape index (κ1) is 20.6. The first-order valence-electron chi connectivity index (χ1n) is 9.30. The number of benzene rings is 1. The molecule has 3 rings (SSSR count). The lowest BCUT2D eigenvalue weighted by Gasteiger charge is -2.47. The molecule has 0 aromatic heterocycles. The van der Waals surface area contributed by atoms with Crippen LogP contribution in [0.15, 0.2) is 30.3 Å². The Kier molecular flexibility index (Phi) is 6.64. The largest absolute Gasteiger partial charge is 0.364 e. The minimum absolute atomic E-state index is 0. The lowest BCUT2D eigenvalue weighted by Crippen LogP contribution is -2.74. The number of hydrogen-bond donors (Lipinski definition) is 1. The predicted octanol–water partition coefficient (Wildman–Crippen LogP) is 2.92. The van der Waals surface area contributed by atoms with Gasteiger partial charge in [-0.05, 0) is 18.4 Å². The maximum Gasteiger partial charge on any atom is 0.364 e. The van der Waals surface area contributed by atoms with Crippen LogP contribution in [0.2, 0.25) is 0 Å². The summed E-state index contributed by atoms with van der Waals surface area (Å²) < 4.78 is 0.455. The number of carbonyl (C=O) groups is 1. The van der Waals surface area contributed by atoms with Gasteiger partial charge in [-0.2, -0.15) is 0 Å². The maximum absolute atomic E-state index is 12.6. The van der Waals surface area contributed by atoms with Crippen LogP contribution in [0, 0.1) is 10.1 Å². The number of amides is 1. The van der Waals surface area contributed by atoms with Crippen LogP contribution in [-0.4, -0.2) is 47.2 Å². The van der Waals surface area contributed by atoms with Crippen molar-refractivity contribution in [3.63, 3.8) is 0 Å². The highest BCUT2D eigenvalue weighted by atomic mass is 35.5. The van der Waals surface area contributed by atoms with E-state index in [0.717, 1.165) is 44.3 Å². The second kappa shape index (κ2) is 8.35. The van der Waals surface area contributed by atoms with E-state index in [2.05, 4.69) is 5.32 Å². The predicted molar refractivity (Wildman–Crippen MR) is 103 cm³/mol. The lowest BCUT2D eigenvalue weighted by atomic mass is 9.81. The average Bonchev–Trinajstić information content (AvgIpc) is 3.04. The summed E-state index contributed by atoms with van der Waals surface area (Å²) in [5.41, 5.74) is -0.148. The number of nitrogens with zero attached hydrogens (tertiary/aromatic N) is 2. The fourth-order valence-corrected chi connectivity index (χ4v) is 4.84. The van der Waals surface area contributed by atoms with Crippen molar-refractivity contribution in [1.82, 2.24) is 5.32 Å². The summed E-state index contributed by atoms with van der Waals surface area (Å²) in [6, 6.07) is 9.15. The van der Waals surface area contributed by atoms with Gasteiger partial charge in [0, 0.05) is 12.8 Å². The molecule has 1 aliphatic heterocycles. The molecule has 0 bridgehead atoms. The zero-order valence-corrected chi connectivity index (χ0v) is 16.2. The zero-order valence-electron chi connectivity index (χ0n) is 15.4. The minimum atomic E-state index is -1.08. The van der Waals surface area contributed by atoms with Gasteiger partial charge in [-0.25, -0.2) is 0 Å². The Labute approximate surface area is 161 Å². The first-order valence-corrected chi connectivity index (χ1v) is 9.30. The third-order valence-electron chi connectivity index (χ3n) is 6.19. The van der Waals surface area contributed by atoms with Gasteiger partial charge in [-0.15, -0.1) is 12.4 Å². The third kappa shape index (κ3) is 3.71. The lowest BCUT2D eigenvalue weighted by molar-refractivity contribution is -1.04. The highest BCUT2D eigenvalue weighted by Crippen LogP contribution is 2.41. The first-order chi connectivity index (χ1) is 12.0. The van der Waals surface area contributed by atoms with E-state index in [0.29, 0.717) is 17.3 Å². The van der Waals surface area contributed by atoms with Crippen molar-refractivity contribution in [2.45, 2.75) is 56.7 Å². The number of likely N-dealkylation sites (tertiary alicyclic amines) is 1. The molecule has 1 heterocycles. The van der Waals surface area contributed by atoms with Crippen LogP contribution in [0.4, 0.5) is 0 Å². The Bertz CT molecular complexity index is 634. The monoisotopic (exact) mass is 382 g/mol. The molecule has 1 aromatic carbocycles. The fourth-order valence-electron chi connectivity index (χ4n) is 4.84. The molecule has 144 valence electrons. The molecule has 0 unspecified atom stereocenters. The summed E-state index contributed by atoms with van der Waals surface area (Å²) in [6.07, 6.45) is 5.36. The molecule has 0 spiro atoms. The molecule has 26 heavy (non-hydrogen) atoms. The zero-order chi connectivity index (χ0) is 17.9. The van der Waals surface area contributed by atoms with Crippen molar-refractivity contribution in [2.24, 2.45) is 0 Å². The summed E-state index contributed by atoms with van der Waals surface area (Å²) in [6.45, 7) is 1.65. The van der Waals surface area contributed by atoms with Crippen molar-refractivity contribution in [3.8, 4) is 0 Å². The van der Waals surface area contributed by atoms with Crippen LogP contribution in [0.1, 0.15) is 44.1 Å². The highest BCUT2D eigenvalue weighted by Gasteiger charge is 2.66. The maximum atomic E-state index is 12.6. The molecule has 7 heteroatoms. The van der Waals surface area contributed by atoms with E-state index in [1.807, 2.05) is 37.4 Å². The van der Waals surface area contributed by atoms with Crippen molar-refractivity contribution in [1.29, 1.82) is 0 Å². The van der Waals surface area contributed by atoms with Gasteiger partial charge in [0.25, 0.3) is 0 Å². The SMILES string of the molecule is C[N+]1([C@]2([N+](=O)[O-])CCCC[C@H]2NC(=O)Cc2ccccc2)CCCC1.Cl. The minimum Gasteiger partial charge on any atom is -0.340 e. The number of rotatable bonds is 5. The van der Waals surface area contributed by atoms with E-state index in [9.17, 15) is 14.9 Å². The smallest absolute Gasteiger partial charge is 0.340 e. The van der Waals surface area contributed by atoms with Gasteiger partial charge in [-0.3, -0.25) is 19.4 Å². The second-order valence-corrected chi connectivity index (χ2v) is 7.71. The Hall–Kier alpha value is -1.66. The molecule has 6 nitrogen and oxygen atoms in total. The van der Waals surface area contributed by atoms with Crippen LogP contribution in [-0.2, 0) is 11.2 Å². The Morgan fingerprint density at radius 1 is 1.23 bits per heavy atom. The molecule has 1 amide bonds. The molecule has 2 aliphatic rings. The van der Waals surface area contributed by atoms with Crippen LogP contribution >= 0.6 is 12.4 Å². The van der Waals surface area contributed by atoms with E-state index in [1.54, 1.807) is 0 Å². The summed E-state index contributed by atoms with van der Waals surface area (Å²) in [7, 11) is 2.01. The molecule has 1 saturated heterocycles. The molecule has 0 radical (unpaired) electrons. The standard InChI is InChI=1S/C19H27N3O3.ClH/c1-22(13-7-8-14-22)19(21(24)25)12-6-5-11-17(19)20-18(23)15-16-9-3-2-4-10-16;/h2-4,9-10,17H,5-8,11-15H2,1H3;1H/p+1/t17-,19-;/m1./s1. The van der Waals surface area contributed by atoms with E-state index in [1.165, 1.54) is 0 Å². The van der Waals surface area contributed by atoms with Crippen LogP contribution < -0.4 is 5.32 Å². The third-order valence-corrected chi connectivity index (χ3v) is 6.19. The van der Waals surface area contributed by atoms with Gasteiger partial charge in [0.1, 0.15) is 0 Å². The van der Waals surface area contributed by atoms with E-state index >= 15 is 0 Å². The summed E-state index contributed by atoms with van der Waals surface area (Å²) in [5.74, 6) is -0.116. The number of likely N-dealkylation sites (N-methyl/N-ethyl adjacent to an activating group) is 1. The number of nitrogens with one attached hydrogen (secondary N) is 1. The molecular weight excluding hydrogens is 354 g/mol. The second-order valence-electron chi connectivity index (χ2n) is 7.71. The van der Waals surface area contributed by atoms with Crippen molar-refractivity contribution in [2.75, 3.05) is 20.1 Å². The van der Waals surface area contributed by atoms with E-state index in [4.69, 9.17) is 0 Å². The van der Waals surface area contributed by atoms with Crippen molar-refractivity contribution >= 4 is 18.3 Å². The van der Waals surface area contributed by atoms with Gasteiger partial charge in [-0.1, -0.05) is 36.8 Å².